The molecule has 154 valence electrons. The van der Waals surface area contributed by atoms with Crippen LogP contribution in [0.25, 0.3) is 0 Å². The molecule has 1 spiro atoms. The third-order valence-electron chi connectivity index (χ3n) is 6.36. The Labute approximate surface area is 168 Å². The van der Waals surface area contributed by atoms with Crippen LogP contribution < -0.4 is 5.32 Å². The van der Waals surface area contributed by atoms with Crippen LogP contribution >= 0.6 is 0 Å². The Balaban J connectivity index is 1.99. The van der Waals surface area contributed by atoms with Gasteiger partial charge < -0.3 is 15.0 Å². The maximum atomic E-state index is 13.4. The molecule has 0 radical (unpaired) electrons. The van der Waals surface area contributed by atoms with Crippen LogP contribution in [-0.4, -0.2) is 49.1 Å². The summed E-state index contributed by atoms with van der Waals surface area (Å²) in [6.07, 6.45) is 7.95. The van der Waals surface area contributed by atoms with Crippen molar-refractivity contribution in [3.63, 3.8) is 0 Å². The number of carbonyl (C=O) groups is 2. The topological polar surface area (TPSA) is 58.6 Å². The van der Waals surface area contributed by atoms with Crippen molar-refractivity contribution in [3.05, 3.63) is 35.4 Å². The van der Waals surface area contributed by atoms with E-state index in [2.05, 4.69) is 17.1 Å². The van der Waals surface area contributed by atoms with Gasteiger partial charge in [-0.2, -0.15) is 0 Å². The molecule has 0 saturated heterocycles. The van der Waals surface area contributed by atoms with Crippen LogP contribution in [-0.2, 0) is 9.53 Å². The third kappa shape index (κ3) is 3.95. The summed E-state index contributed by atoms with van der Waals surface area (Å²) >= 11 is 0. The lowest BCUT2D eigenvalue weighted by Crippen LogP contribution is -2.62. The minimum Gasteiger partial charge on any atom is -0.385 e. The molecule has 1 aliphatic heterocycles. The fourth-order valence-corrected chi connectivity index (χ4v) is 5.01. The van der Waals surface area contributed by atoms with Crippen LogP contribution in [0.3, 0.4) is 0 Å². The van der Waals surface area contributed by atoms with Crippen molar-refractivity contribution in [1.29, 1.82) is 0 Å². The van der Waals surface area contributed by atoms with E-state index < -0.39 is 0 Å². The van der Waals surface area contributed by atoms with Crippen molar-refractivity contribution in [1.82, 2.24) is 10.2 Å². The van der Waals surface area contributed by atoms with Gasteiger partial charge in [-0.05, 0) is 37.3 Å². The van der Waals surface area contributed by atoms with Crippen molar-refractivity contribution >= 4 is 11.8 Å². The molecular weight excluding hydrogens is 352 g/mol. The molecule has 2 amide bonds. The summed E-state index contributed by atoms with van der Waals surface area (Å²) in [5.41, 5.74) is 1.22. The molecule has 1 aromatic rings. The van der Waals surface area contributed by atoms with Gasteiger partial charge in [0.1, 0.15) is 0 Å². The normalized spacial score (nSPS) is 20.9. The maximum absolute atomic E-state index is 13.4. The number of nitrogens with one attached hydrogen (secondary N) is 1. The quantitative estimate of drug-likeness (QED) is 0.690. The van der Waals surface area contributed by atoms with Crippen molar-refractivity contribution in [2.24, 2.45) is 0 Å². The molecule has 5 heteroatoms. The first-order valence-corrected chi connectivity index (χ1v) is 10.8. The first kappa shape index (κ1) is 20.8. The van der Waals surface area contributed by atoms with Crippen LogP contribution in [0, 0.1) is 0 Å². The fourth-order valence-electron chi connectivity index (χ4n) is 5.01. The van der Waals surface area contributed by atoms with E-state index in [1.54, 1.807) is 7.11 Å². The monoisotopic (exact) mass is 386 g/mol. The number of carbonyl (C=O) groups excluding carboxylic acids is 2. The van der Waals surface area contributed by atoms with E-state index in [4.69, 9.17) is 4.74 Å². The number of fused-ring (bicyclic) bond motifs is 1. The molecule has 0 aromatic heterocycles. The fraction of sp³-hybridized carbons (Fsp3) is 0.652. The zero-order valence-electron chi connectivity index (χ0n) is 17.3. The van der Waals surface area contributed by atoms with Gasteiger partial charge in [-0.15, -0.1) is 0 Å². The SMILES string of the molecule is CCCCN1C(=O)c2ccccc2[C@H](C(=O)NCCCOC)C12CCCCC2. The van der Waals surface area contributed by atoms with E-state index in [0.29, 0.717) is 18.7 Å². The lowest BCUT2D eigenvalue weighted by Gasteiger charge is -2.53. The average molecular weight is 387 g/mol. The summed E-state index contributed by atoms with van der Waals surface area (Å²) < 4.78 is 5.11. The molecule has 5 nitrogen and oxygen atoms in total. The maximum Gasteiger partial charge on any atom is 0.254 e. The zero-order chi connectivity index (χ0) is 20.0. The Morgan fingerprint density at radius 1 is 1.21 bits per heavy atom. The molecule has 0 unspecified atom stereocenters. The van der Waals surface area contributed by atoms with Crippen LogP contribution in [0.2, 0.25) is 0 Å². The Kier molecular flexibility index (Phi) is 7.11. The molecule has 1 N–H and O–H groups in total. The van der Waals surface area contributed by atoms with Gasteiger partial charge >= 0.3 is 0 Å². The van der Waals surface area contributed by atoms with E-state index >= 15 is 0 Å². The predicted octanol–water partition coefficient (Wildman–Crippen LogP) is 3.88. The number of hydrogen-bond donors (Lipinski definition) is 1. The number of amides is 2. The number of ether oxygens (including phenoxy) is 1. The van der Waals surface area contributed by atoms with Crippen molar-refractivity contribution in [2.75, 3.05) is 26.8 Å². The van der Waals surface area contributed by atoms with Gasteiger partial charge in [0.05, 0.1) is 11.5 Å². The number of benzene rings is 1. The van der Waals surface area contributed by atoms with E-state index in [1.807, 2.05) is 24.3 Å². The van der Waals surface area contributed by atoms with Gasteiger partial charge in [-0.1, -0.05) is 50.8 Å². The average Bonchev–Trinajstić information content (AvgIpc) is 2.72. The van der Waals surface area contributed by atoms with Gasteiger partial charge in [0, 0.05) is 32.4 Å². The molecule has 1 aromatic carbocycles. The van der Waals surface area contributed by atoms with E-state index in [-0.39, 0.29) is 23.3 Å². The van der Waals surface area contributed by atoms with Crippen LogP contribution in [0.15, 0.2) is 24.3 Å². The number of methoxy groups -OCH3 is 1. The Morgan fingerprint density at radius 2 is 1.96 bits per heavy atom. The summed E-state index contributed by atoms with van der Waals surface area (Å²) in [6.45, 7) is 4.12. The van der Waals surface area contributed by atoms with Crippen molar-refractivity contribution < 1.29 is 14.3 Å². The van der Waals surface area contributed by atoms with Gasteiger partial charge in [0.25, 0.3) is 5.91 Å². The van der Waals surface area contributed by atoms with Crippen molar-refractivity contribution in [3.8, 4) is 0 Å². The van der Waals surface area contributed by atoms with Crippen LogP contribution in [0.1, 0.15) is 80.1 Å². The zero-order valence-corrected chi connectivity index (χ0v) is 17.3. The van der Waals surface area contributed by atoms with Gasteiger partial charge in [-0.25, -0.2) is 0 Å². The standard InChI is InChI=1S/C23H34N2O3/c1-3-4-16-25-22(27)19-12-7-6-11-18(19)20(21(26)24-15-10-17-28-2)23(25)13-8-5-9-14-23/h6-7,11-12,20H,3-5,8-10,13-17H2,1-2H3,(H,24,26)/t20-/m1/s1. The predicted molar refractivity (Wildman–Crippen MR) is 110 cm³/mol. The largest absolute Gasteiger partial charge is 0.385 e. The molecular formula is C23H34N2O3. The van der Waals surface area contributed by atoms with E-state index in [9.17, 15) is 9.59 Å². The lowest BCUT2D eigenvalue weighted by molar-refractivity contribution is -0.127. The highest BCUT2D eigenvalue weighted by Gasteiger charge is 2.54. The second kappa shape index (κ2) is 9.55. The molecule has 1 atom stereocenters. The summed E-state index contributed by atoms with van der Waals surface area (Å²) in [7, 11) is 1.67. The highest BCUT2D eigenvalue weighted by Crippen LogP contribution is 2.49. The van der Waals surface area contributed by atoms with Crippen LogP contribution in [0.5, 0.6) is 0 Å². The minimum absolute atomic E-state index is 0.0550. The molecule has 28 heavy (non-hydrogen) atoms. The first-order chi connectivity index (χ1) is 13.7. The summed E-state index contributed by atoms with van der Waals surface area (Å²) in [5.74, 6) is -0.130. The van der Waals surface area contributed by atoms with E-state index in [0.717, 1.165) is 57.1 Å². The Bertz CT molecular complexity index is 682. The molecule has 1 aliphatic carbocycles. The highest BCUT2D eigenvalue weighted by atomic mass is 16.5. The van der Waals surface area contributed by atoms with Gasteiger partial charge in [-0.3, -0.25) is 9.59 Å². The van der Waals surface area contributed by atoms with E-state index in [1.165, 1.54) is 6.42 Å². The molecule has 2 aliphatic rings. The molecule has 1 fully saturated rings. The number of rotatable bonds is 8. The smallest absolute Gasteiger partial charge is 0.254 e. The van der Waals surface area contributed by atoms with Gasteiger partial charge in [0.15, 0.2) is 0 Å². The van der Waals surface area contributed by atoms with Crippen molar-refractivity contribution in [2.45, 2.75) is 69.7 Å². The highest BCUT2D eigenvalue weighted by molar-refractivity contribution is 6.02. The second-order valence-corrected chi connectivity index (χ2v) is 8.13. The first-order valence-electron chi connectivity index (χ1n) is 10.8. The third-order valence-corrected chi connectivity index (χ3v) is 6.36. The number of hydrogen-bond acceptors (Lipinski definition) is 3. The molecule has 0 bridgehead atoms. The summed E-state index contributed by atoms with van der Waals surface area (Å²) in [4.78, 5) is 28.9. The van der Waals surface area contributed by atoms with Gasteiger partial charge in [0.2, 0.25) is 5.91 Å². The minimum atomic E-state index is -0.385. The summed E-state index contributed by atoms with van der Waals surface area (Å²) in [6, 6.07) is 7.73. The lowest BCUT2D eigenvalue weighted by atomic mass is 9.65. The Hall–Kier alpha value is -1.88. The van der Waals surface area contributed by atoms with Crippen LogP contribution in [0.4, 0.5) is 0 Å². The Morgan fingerprint density at radius 3 is 2.68 bits per heavy atom. The second-order valence-electron chi connectivity index (χ2n) is 8.13. The summed E-state index contributed by atoms with van der Waals surface area (Å²) in [5, 5.41) is 3.13. The molecule has 1 saturated carbocycles. The molecule has 1 heterocycles. The molecule has 3 rings (SSSR count). The number of unbranched alkanes of at least 4 members (excludes halogenated alkanes) is 1. The number of nitrogens with zero attached hydrogens (tertiary/aromatic N) is 1.